The maximum Gasteiger partial charge on any atom is 0.430 e. The Morgan fingerprint density at radius 2 is 1.55 bits per heavy atom. The van der Waals surface area contributed by atoms with E-state index in [0.29, 0.717) is 24.3 Å². The van der Waals surface area contributed by atoms with Crippen LogP contribution >= 0.6 is 0 Å². The van der Waals surface area contributed by atoms with Crippen molar-refractivity contribution in [1.82, 2.24) is 4.90 Å². The predicted octanol–water partition coefficient (Wildman–Crippen LogP) is 4.77. The van der Waals surface area contributed by atoms with Gasteiger partial charge in [0.1, 0.15) is 11.6 Å². The van der Waals surface area contributed by atoms with E-state index in [9.17, 15) is 54.3 Å². The highest BCUT2D eigenvalue weighted by Gasteiger charge is 2.71. The largest absolute Gasteiger partial charge is 0.469 e. The predicted molar refractivity (Wildman–Crippen MR) is 141 cm³/mol. The highest BCUT2D eigenvalue weighted by Crippen LogP contribution is 2.50. The first-order valence-corrected chi connectivity index (χ1v) is 14.4. The van der Waals surface area contributed by atoms with Crippen LogP contribution in [0.4, 0.5) is 36.8 Å². The number of carbonyl (C=O) groups excluding carboxylic acids is 3. The van der Waals surface area contributed by atoms with E-state index in [-0.39, 0.29) is 28.3 Å². The third-order valence-corrected chi connectivity index (χ3v) is 8.20. The molecule has 0 saturated heterocycles. The quantitative estimate of drug-likeness (QED) is 0.322. The van der Waals surface area contributed by atoms with Crippen LogP contribution in [0.1, 0.15) is 49.9 Å². The van der Waals surface area contributed by atoms with Gasteiger partial charge in [-0.3, -0.25) is 14.5 Å². The van der Waals surface area contributed by atoms with Crippen LogP contribution in [0.5, 0.6) is 0 Å². The van der Waals surface area contributed by atoms with Gasteiger partial charge in [-0.25, -0.2) is 13.2 Å². The smallest absolute Gasteiger partial charge is 0.430 e. The Labute approximate surface area is 247 Å². The molecule has 44 heavy (non-hydrogen) atoms. The minimum Gasteiger partial charge on any atom is -0.469 e. The van der Waals surface area contributed by atoms with Crippen molar-refractivity contribution in [3.8, 4) is 0 Å². The molecule has 10 nitrogen and oxygen atoms in total. The summed E-state index contributed by atoms with van der Waals surface area (Å²) < 4.78 is 115. The van der Waals surface area contributed by atoms with E-state index in [1.807, 2.05) is 0 Å². The van der Waals surface area contributed by atoms with Crippen molar-refractivity contribution in [2.45, 2.75) is 68.2 Å². The fourth-order valence-corrected chi connectivity index (χ4v) is 5.59. The lowest BCUT2D eigenvalue weighted by Gasteiger charge is -2.32. The normalized spacial score (nSPS) is 15.9. The van der Waals surface area contributed by atoms with Gasteiger partial charge in [-0.05, 0) is 56.2 Å². The Bertz CT molecular complexity index is 1520. The molecule has 0 fully saturated rings. The molecule has 2 N–H and O–H groups in total. The first-order valence-electron chi connectivity index (χ1n) is 12.7. The van der Waals surface area contributed by atoms with Gasteiger partial charge in [-0.2, -0.15) is 26.3 Å². The molecule has 3 rings (SSSR count). The number of nitrogens with one attached hydrogen (secondary N) is 1. The topological polar surface area (TPSA) is 139 Å². The van der Waals surface area contributed by atoms with Crippen LogP contribution < -0.4 is 5.32 Å². The summed E-state index contributed by atoms with van der Waals surface area (Å²) >= 11 is 0. The molecule has 1 atom stereocenters. The molecule has 1 unspecified atom stereocenters. The standard InChI is InChI=1S/C27H28F6N2O8S/c1-24(2,3)43-23(38)35-14-15-13-18(44(40,41)12-11-20(36)42-4)9-10-19(15)21(35)22(37)34-17-7-5-16(6-8-17)25(39,26(28,29)30)27(31,32)33/h5-10,13,21,39H,11-12,14H2,1-4H3,(H,34,37). The van der Waals surface area contributed by atoms with E-state index >= 15 is 0 Å². The molecule has 2 aromatic rings. The number of ether oxygens (including phenoxy) is 2. The van der Waals surface area contributed by atoms with Crippen LogP contribution in [0.3, 0.4) is 0 Å². The Kier molecular flexibility index (Phi) is 9.37. The molecule has 0 aliphatic carbocycles. The van der Waals surface area contributed by atoms with Crippen LogP contribution in [0.15, 0.2) is 47.4 Å². The van der Waals surface area contributed by atoms with Gasteiger partial charge in [0.15, 0.2) is 9.84 Å². The molecule has 2 amide bonds. The summed E-state index contributed by atoms with van der Waals surface area (Å²) in [5.41, 5.74) is -7.61. The van der Waals surface area contributed by atoms with Gasteiger partial charge in [0.2, 0.25) is 0 Å². The molecule has 0 saturated carbocycles. The number of carbonyl (C=O) groups is 3. The molecule has 1 aliphatic heterocycles. The molecule has 0 spiro atoms. The molecular formula is C27H28F6N2O8S. The van der Waals surface area contributed by atoms with Crippen molar-refractivity contribution in [2.24, 2.45) is 0 Å². The second-order valence-electron chi connectivity index (χ2n) is 10.8. The lowest BCUT2D eigenvalue weighted by atomic mass is 9.92. The highest BCUT2D eigenvalue weighted by molar-refractivity contribution is 7.91. The maximum atomic E-state index is 13.4. The number of nitrogens with zero attached hydrogens (tertiary/aromatic N) is 1. The number of esters is 1. The van der Waals surface area contributed by atoms with E-state index in [1.54, 1.807) is 20.8 Å². The fourth-order valence-electron chi connectivity index (χ4n) is 4.33. The number of hydrogen-bond donors (Lipinski definition) is 2. The van der Waals surface area contributed by atoms with E-state index in [4.69, 9.17) is 4.74 Å². The minimum atomic E-state index is -6.11. The lowest BCUT2D eigenvalue weighted by Crippen LogP contribution is -2.53. The number of aliphatic hydroxyl groups is 1. The third-order valence-electron chi connectivity index (χ3n) is 6.49. The number of hydrogen-bond acceptors (Lipinski definition) is 8. The average Bonchev–Trinajstić information content (AvgIpc) is 3.29. The summed E-state index contributed by atoms with van der Waals surface area (Å²) in [6.07, 6.45) is -13.6. The summed E-state index contributed by atoms with van der Waals surface area (Å²) in [7, 11) is -2.90. The number of methoxy groups -OCH3 is 1. The molecular weight excluding hydrogens is 626 g/mol. The Morgan fingerprint density at radius 3 is 2.05 bits per heavy atom. The van der Waals surface area contributed by atoms with Crippen molar-refractivity contribution in [3.63, 3.8) is 0 Å². The lowest BCUT2D eigenvalue weighted by molar-refractivity contribution is -0.376. The number of sulfone groups is 1. The van der Waals surface area contributed by atoms with Crippen LogP contribution in [-0.4, -0.2) is 67.2 Å². The molecule has 0 aromatic heterocycles. The molecule has 242 valence electrons. The number of halogens is 6. The van der Waals surface area contributed by atoms with Crippen LogP contribution in [-0.2, 0) is 41.0 Å². The van der Waals surface area contributed by atoms with E-state index < -0.39 is 75.1 Å². The number of fused-ring (bicyclic) bond motifs is 1. The minimum absolute atomic E-state index is 0.167. The van der Waals surface area contributed by atoms with Gasteiger partial charge in [-0.15, -0.1) is 0 Å². The molecule has 0 bridgehead atoms. The Morgan fingerprint density at radius 1 is 0.977 bits per heavy atom. The zero-order valence-corrected chi connectivity index (χ0v) is 24.5. The number of alkyl halides is 6. The van der Waals surface area contributed by atoms with E-state index in [1.165, 1.54) is 12.1 Å². The Balaban J connectivity index is 1.96. The molecule has 1 aliphatic rings. The zero-order chi connectivity index (χ0) is 33.5. The van der Waals surface area contributed by atoms with Crippen molar-refractivity contribution in [2.75, 3.05) is 18.2 Å². The van der Waals surface area contributed by atoms with Crippen molar-refractivity contribution < 1.29 is 63.7 Å². The molecule has 0 radical (unpaired) electrons. The van der Waals surface area contributed by atoms with Gasteiger partial charge >= 0.3 is 24.4 Å². The summed E-state index contributed by atoms with van der Waals surface area (Å²) in [4.78, 5) is 38.7. The van der Waals surface area contributed by atoms with Gasteiger partial charge in [0.05, 0.1) is 30.7 Å². The fraction of sp³-hybridized carbons (Fsp3) is 0.444. The van der Waals surface area contributed by atoms with Crippen molar-refractivity contribution >= 4 is 33.5 Å². The summed E-state index contributed by atoms with van der Waals surface area (Å²) in [6, 6.07) is 4.30. The van der Waals surface area contributed by atoms with Gasteiger partial charge in [-0.1, -0.05) is 18.2 Å². The van der Waals surface area contributed by atoms with E-state index in [0.717, 1.165) is 18.1 Å². The average molecular weight is 655 g/mol. The third kappa shape index (κ3) is 7.09. The first kappa shape index (κ1) is 34.6. The Hall–Kier alpha value is -3.86. The number of anilines is 1. The number of benzene rings is 2. The SMILES string of the molecule is COC(=O)CCS(=O)(=O)c1ccc2c(c1)CN(C(=O)OC(C)(C)C)C2C(=O)Nc1ccc(C(O)(C(F)(F)F)C(F)(F)F)cc1. The van der Waals surface area contributed by atoms with Crippen LogP contribution in [0, 0.1) is 0 Å². The maximum absolute atomic E-state index is 13.4. The van der Waals surface area contributed by atoms with Crippen LogP contribution in [0.2, 0.25) is 0 Å². The summed E-state index contributed by atoms with van der Waals surface area (Å²) in [6.45, 7) is 4.37. The molecule has 2 aromatic carbocycles. The second kappa shape index (κ2) is 11.9. The van der Waals surface area contributed by atoms with Crippen molar-refractivity contribution in [1.29, 1.82) is 0 Å². The summed E-state index contributed by atoms with van der Waals surface area (Å²) in [5, 5.41) is 11.9. The van der Waals surface area contributed by atoms with Gasteiger partial charge < -0.3 is 19.9 Å². The molecule has 17 heteroatoms. The highest BCUT2D eigenvalue weighted by atomic mass is 32.2. The van der Waals surface area contributed by atoms with Crippen molar-refractivity contribution in [3.05, 3.63) is 59.2 Å². The van der Waals surface area contributed by atoms with Gasteiger partial charge in [0.25, 0.3) is 11.5 Å². The number of rotatable bonds is 7. The first-order chi connectivity index (χ1) is 20.0. The zero-order valence-electron chi connectivity index (χ0n) is 23.7. The number of amides is 2. The second-order valence-corrected chi connectivity index (χ2v) is 12.9. The van der Waals surface area contributed by atoms with E-state index in [2.05, 4.69) is 10.1 Å². The summed E-state index contributed by atoms with van der Waals surface area (Å²) in [5.74, 6) is -2.28. The van der Waals surface area contributed by atoms with Gasteiger partial charge in [0, 0.05) is 11.3 Å². The van der Waals surface area contributed by atoms with Crippen LogP contribution in [0.25, 0.3) is 0 Å². The monoisotopic (exact) mass is 654 g/mol. The molecule has 1 heterocycles.